The second kappa shape index (κ2) is 13.5. The molecule has 10 heteroatoms. The van der Waals surface area contributed by atoms with Crippen molar-refractivity contribution in [3.63, 3.8) is 0 Å². The van der Waals surface area contributed by atoms with Crippen LogP contribution in [0, 0.1) is 20.8 Å². The molecule has 1 aliphatic carbocycles. The zero-order chi connectivity index (χ0) is 30.6. The summed E-state index contributed by atoms with van der Waals surface area (Å²) in [5, 5.41) is 3.86. The zero-order valence-corrected chi connectivity index (χ0v) is 26.7. The Morgan fingerprint density at radius 2 is 1.57 bits per heavy atom. The third kappa shape index (κ3) is 7.46. The lowest BCUT2D eigenvalue weighted by atomic mass is 10.1. The molecule has 0 aliphatic heterocycles. The van der Waals surface area contributed by atoms with E-state index >= 15 is 0 Å². The first kappa shape index (κ1) is 31.9. The lowest BCUT2D eigenvalue weighted by Crippen LogP contribution is -2.52. The summed E-state index contributed by atoms with van der Waals surface area (Å²) in [6.07, 6.45) is 3.88. The van der Waals surface area contributed by atoms with Gasteiger partial charge in [-0.1, -0.05) is 77.5 Å². The first-order valence-electron chi connectivity index (χ1n) is 14.1. The molecule has 1 aliphatic rings. The molecule has 1 N–H and O–H groups in total. The number of nitrogens with one attached hydrogen (secondary N) is 1. The second-order valence-corrected chi connectivity index (χ2v) is 13.7. The van der Waals surface area contributed by atoms with E-state index in [1.165, 1.54) is 17.0 Å². The van der Waals surface area contributed by atoms with Crippen molar-refractivity contribution in [3.05, 3.63) is 93.0 Å². The predicted molar refractivity (Wildman–Crippen MR) is 168 cm³/mol. The summed E-state index contributed by atoms with van der Waals surface area (Å²) in [6, 6.07) is 16.0. The Bertz CT molecular complexity index is 1550. The lowest BCUT2D eigenvalue weighted by Gasteiger charge is -2.33. The minimum absolute atomic E-state index is 0.000607. The molecule has 0 radical (unpaired) electrons. The lowest BCUT2D eigenvalue weighted by molar-refractivity contribution is -0.139. The topological polar surface area (TPSA) is 86.8 Å². The number of aryl methyl sites for hydroxylation is 3. The molecular weight excluding hydrogens is 593 g/mol. The van der Waals surface area contributed by atoms with Gasteiger partial charge in [0, 0.05) is 22.6 Å². The molecule has 1 saturated carbocycles. The van der Waals surface area contributed by atoms with Gasteiger partial charge in [-0.05, 0) is 82.0 Å². The van der Waals surface area contributed by atoms with Crippen LogP contribution in [0.5, 0.6) is 0 Å². The first-order valence-corrected chi connectivity index (χ1v) is 16.3. The van der Waals surface area contributed by atoms with E-state index < -0.39 is 28.5 Å². The second-order valence-electron chi connectivity index (χ2n) is 11.0. The molecule has 0 bridgehead atoms. The van der Waals surface area contributed by atoms with Gasteiger partial charge in [0.25, 0.3) is 10.0 Å². The molecule has 0 aromatic heterocycles. The molecule has 1 atom stereocenters. The van der Waals surface area contributed by atoms with Crippen molar-refractivity contribution in [1.82, 2.24) is 10.2 Å². The van der Waals surface area contributed by atoms with Crippen molar-refractivity contribution in [2.24, 2.45) is 0 Å². The predicted octanol–water partition coefficient (Wildman–Crippen LogP) is 6.59. The molecule has 224 valence electrons. The van der Waals surface area contributed by atoms with Crippen molar-refractivity contribution in [2.45, 2.75) is 76.9 Å². The molecule has 0 unspecified atom stereocenters. The number of amides is 2. The quantitative estimate of drug-likeness (QED) is 0.274. The average Bonchev–Trinajstić information content (AvgIpc) is 3.44. The standard InChI is InChI=1S/C32H37Cl2N3O4S/c1-21-9-14-28(15-10-21)42(40,41)37(30-16-11-22(2)17-23(30)3)20-31(38)36(19-25-12-13-26(33)18-29(25)34)24(4)32(39)35-27-7-5-6-8-27/h9-18,24,27H,5-8,19-20H2,1-4H3,(H,35,39)/t24-/m1/s1. The summed E-state index contributed by atoms with van der Waals surface area (Å²) in [7, 11) is -4.14. The fraction of sp³-hybridized carbons (Fsp3) is 0.375. The van der Waals surface area contributed by atoms with Crippen LogP contribution in [0.15, 0.2) is 65.6 Å². The van der Waals surface area contributed by atoms with E-state index in [2.05, 4.69) is 5.32 Å². The van der Waals surface area contributed by atoms with Crippen LogP contribution in [0.1, 0.15) is 54.9 Å². The molecule has 0 saturated heterocycles. The van der Waals surface area contributed by atoms with Gasteiger partial charge in [-0.15, -0.1) is 0 Å². The number of carbonyl (C=O) groups is 2. The third-order valence-corrected chi connectivity index (χ3v) is 10.1. The van der Waals surface area contributed by atoms with Crippen molar-refractivity contribution in [1.29, 1.82) is 0 Å². The molecule has 7 nitrogen and oxygen atoms in total. The summed E-state index contributed by atoms with van der Waals surface area (Å²) in [5.41, 5.74) is 3.57. The number of nitrogens with zero attached hydrogens (tertiary/aromatic N) is 2. The van der Waals surface area contributed by atoms with E-state index in [9.17, 15) is 18.0 Å². The number of hydrogen-bond donors (Lipinski definition) is 1. The molecular formula is C32H37Cl2N3O4S. The van der Waals surface area contributed by atoms with Gasteiger partial charge in [-0.25, -0.2) is 8.42 Å². The van der Waals surface area contributed by atoms with E-state index in [1.807, 2.05) is 32.9 Å². The first-order chi connectivity index (χ1) is 19.9. The van der Waals surface area contributed by atoms with Crippen molar-refractivity contribution in [2.75, 3.05) is 10.8 Å². The largest absolute Gasteiger partial charge is 0.352 e. The van der Waals surface area contributed by atoms with E-state index in [4.69, 9.17) is 23.2 Å². The Morgan fingerprint density at radius 1 is 0.929 bits per heavy atom. The maximum atomic E-state index is 14.2. The smallest absolute Gasteiger partial charge is 0.264 e. The highest BCUT2D eigenvalue weighted by molar-refractivity contribution is 7.92. The van der Waals surface area contributed by atoms with Gasteiger partial charge < -0.3 is 10.2 Å². The highest BCUT2D eigenvalue weighted by atomic mass is 35.5. The number of carbonyl (C=O) groups excluding carboxylic acids is 2. The maximum Gasteiger partial charge on any atom is 0.264 e. The summed E-state index contributed by atoms with van der Waals surface area (Å²) < 4.78 is 29.3. The van der Waals surface area contributed by atoms with Crippen LogP contribution in [0.2, 0.25) is 10.0 Å². The molecule has 0 heterocycles. The van der Waals surface area contributed by atoms with Crippen LogP contribution in [0.25, 0.3) is 0 Å². The Kier molecular flexibility index (Phi) is 10.2. The molecule has 1 fully saturated rings. The van der Waals surface area contributed by atoms with Crippen LogP contribution in [-0.2, 0) is 26.2 Å². The maximum absolute atomic E-state index is 14.2. The van der Waals surface area contributed by atoms with Crippen LogP contribution in [-0.4, -0.2) is 43.8 Å². The Labute approximate surface area is 258 Å². The summed E-state index contributed by atoms with van der Waals surface area (Å²) in [5.74, 6) is -0.828. The third-order valence-electron chi connectivity index (χ3n) is 7.73. The molecule has 0 spiro atoms. The number of hydrogen-bond acceptors (Lipinski definition) is 4. The van der Waals surface area contributed by atoms with Gasteiger partial charge in [0.2, 0.25) is 11.8 Å². The number of halogens is 2. The normalized spacial score (nSPS) is 14.4. The number of sulfonamides is 1. The summed E-state index contributed by atoms with van der Waals surface area (Å²) in [6.45, 7) is 6.75. The number of rotatable bonds is 10. The number of anilines is 1. The number of benzene rings is 3. The SMILES string of the molecule is Cc1ccc(S(=O)(=O)N(CC(=O)N(Cc2ccc(Cl)cc2Cl)[C@H](C)C(=O)NC2CCCC2)c2ccc(C)cc2C)cc1. The van der Waals surface area contributed by atoms with Crippen LogP contribution >= 0.6 is 23.2 Å². The minimum atomic E-state index is -4.14. The van der Waals surface area contributed by atoms with E-state index in [1.54, 1.807) is 43.3 Å². The van der Waals surface area contributed by atoms with Gasteiger partial charge in [-0.2, -0.15) is 0 Å². The average molecular weight is 631 g/mol. The molecule has 3 aromatic carbocycles. The van der Waals surface area contributed by atoms with Crippen molar-refractivity contribution >= 4 is 50.7 Å². The monoisotopic (exact) mass is 629 g/mol. The Balaban J connectivity index is 1.73. The van der Waals surface area contributed by atoms with Gasteiger partial charge in [0.1, 0.15) is 12.6 Å². The highest BCUT2D eigenvalue weighted by Crippen LogP contribution is 2.29. The molecule has 3 aromatic rings. The fourth-order valence-corrected chi connectivity index (χ4v) is 7.19. The van der Waals surface area contributed by atoms with Crippen molar-refractivity contribution in [3.8, 4) is 0 Å². The summed E-state index contributed by atoms with van der Waals surface area (Å²) >= 11 is 12.6. The molecule has 2 amide bonds. The summed E-state index contributed by atoms with van der Waals surface area (Å²) in [4.78, 5) is 29.0. The van der Waals surface area contributed by atoms with E-state index in [-0.39, 0.29) is 23.4 Å². The van der Waals surface area contributed by atoms with Gasteiger partial charge in [-0.3, -0.25) is 13.9 Å². The highest BCUT2D eigenvalue weighted by Gasteiger charge is 2.34. The van der Waals surface area contributed by atoms with Gasteiger partial charge in [0.05, 0.1) is 10.6 Å². The van der Waals surface area contributed by atoms with Crippen LogP contribution in [0.4, 0.5) is 5.69 Å². The molecule has 4 rings (SSSR count). The Hall–Kier alpha value is -3.07. The van der Waals surface area contributed by atoms with Crippen LogP contribution in [0.3, 0.4) is 0 Å². The fourth-order valence-electron chi connectivity index (χ4n) is 5.24. The van der Waals surface area contributed by atoms with Crippen molar-refractivity contribution < 1.29 is 18.0 Å². The van der Waals surface area contributed by atoms with Gasteiger partial charge in [0.15, 0.2) is 0 Å². The van der Waals surface area contributed by atoms with Crippen LogP contribution < -0.4 is 9.62 Å². The molecule has 42 heavy (non-hydrogen) atoms. The zero-order valence-electron chi connectivity index (χ0n) is 24.4. The van der Waals surface area contributed by atoms with Gasteiger partial charge >= 0.3 is 0 Å². The minimum Gasteiger partial charge on any atom is -0.352 e. The van der Waals surface area contributed by atoms with E-state index in [0.29, 0.717) is 26.9 Å². The van der Waals surface area contributed by atoms with E-state index in [0.717, 1.165) is 41.1 Å². The Morgan fingerprint density at radius 3 is 2.19 bits per heavy atom.